The maximum atomic E-state index is 10.6. The molecule has 0 unspecified atom stereocenters. The Morgan fingerprint density at radius 2 is 1.04 bits per heavy atom. The molecular formula is C10H16F6N2O4S2. The monoisotopic (exact) mass is 406 g/mol. The molecule has 1 rings (SSSR count). The number of hydrogen-bond donors (Lipinski definition) is 4. The number of hydrogen-bond acceptors (Lipinski definition) is 6. The van der Waals surface area contributed by atoms with E-state index in [-0.39, 0.29) is 0 Å². The van der Waals surface area contributed by atoms with Crippen LogP contribution in [0.5, 0.6) is 0 Å². The Hall–Kier alpha value is -0.860. The molecular weight excluding hydrogens is 390 g/mol. The maximum Gasteiger partial charge on any atom is 0.490 e. The molecule has 144 valence electrons. The van der Waals surface area contributed by atoms with Gasteiger partial charge in [0.05, 0.1) is 0 Å². The molecule has 1 heterocycles. The van der Waals surface area contributed by atoms with Crippen molar-refractivity contribution in [2.45, 2.75) is 35.7 Å². The van der Waals surface area contributed by atoms with Crippen molar-refractivity contribution in [3.05, 3.63) is 0 Å². The molecule has 0 amide bonds. The summed E-state index contributed by atoms with van der Waals surface area (Å²) in [5, 5.41) is 15.6. The van der Waals surface area contributed by atoms with Gasteiger partial charge < -0.3 is 21.7 Å². The van der Waals surface area contributed by atoms with Gasteiger partial charge in [-0.25, -0.2) is 9.59 Å². The standard InChI is InChI=1S/C6H14N2S2.2C2HF3O2/c7-3-5-1-2-6(4-8)10-9-5;2*3-2(4,5)1(6)7/h5-6H,1-4,7-8H2;2*(H,6,7)/t5-,6+;;. The zero-order valence-corrected chi connectivity index (χ0v) is 13.6. The lowest BCUT2D eigenvalue weighted by Crippen LogP contribution is -2.25. The van der Waals surface area contributed by atoms with E-state index in [0.717, 1.165) is 13.1 Å². The average Bonchev–Trinajstić information content (AvgIpc) is 2.46. The number of halogens is 6. The van der Waals surface area contributed by atoms with Crippen LogP contribution in [0.3, 0.4) is 0 Å². The molecule has 1 aliphatic rings. The van der Waals surface area contributed by atoms with Crippen molar-refractivity contribution < 1.29 is 46.1 Å². The highest BCUT2D eigenvalue weighted by atomic mass is 33.1. The van der Waals surface area contributed by atoms with Crippen LogP contribution in [0.1, 0.15) is 12.8 Å². The van der Waals surface area contributed by atoms with Crippen LogP contribution in [-0.4, -0.2) is 58.1 Å². The molecule has 0 aromatic carbocycles. The largest absolute Gasteiger partial charge is 0.490 e. The summed E-state index contributed by atoms with van der Waals surface area (Å²) in [6.07, 6.45) is -7.67. The first kappa shape index (κ1) is 25.4. The smallest absolute Gasteiger partial charge is 0.475 e. The molecule has 2 atom stereocenters. The van der Waals surface area contributed by atoms with Crippen LogP contribution in [0.2, 0.25) is 0 Å². The van der Waals surface area contributed by atoms with Gasteiger partial charge in [0.2, 0.25) is 0 Å². The van der Waals surface area contributed by atoms with Crippen molar-refractivity contribution in [3.8, 4) is 0 Å². The lowest BCUT2D eigenvalue weighted by Gasteiger charge is -2.24. The quantitative estimate of drug-likeness (QED) is 0.406. The third kappa shape index (κ3) is 13.6. The molecule has 0 radical (unpaired) electrons. The summed E-state index contributed by atoms with van der Waals surface area (Å²) in [7, 11) is 3.82. The van der Waals surface area contributed by atoms with Gasteiger partial charge in [-0.15, -0.1) is 0 Å². The van der Waals surface area contributed by atoms with E-state index in [1.54, 1.807) is 0 Å². The summed E-state index contributed by atoms with van der Waals surface area (Å²) >= 11 is 0. The van der Waals surface area contributed by atoms with Crippen LogP contribution < -0.4 is 11.5 Å². The van der Waals surface area contributed by atoms with Gasteiger partial charge in [0.25, 0.3) is 0 Å². The summed E-state index contributed by atoms with van der Waals surface area (Å²) in [6.45, 7) is 1.63. The van der Waals surface area contributed by atoms with Gasteiger partial charge in [-0.2, -0.15) is 26.3 Å². The second-order valence-electron chi connectivity index (χ2n) is 4.09. The lowest BCUT2D eigenvalue weighted by atomic mass is 10.2. The summed E-state index contributed by atoms with van der Waals surface area (Å²) in [5.74, 6) is -5.51. The Balaban J connectivity index is 0. The van der Waals surface area contributed by atoms with Gasteiger partial charge in [-0.3, -0.25) is 0 Å². The van der Waals surface area contributed by atoms with Crippen molar-refractivity contribution >= 4 is 33.5 Å². The zero-order chi connectivity index (χ0) is 19.6. The summed E-state index contributed by atoms with van der Waals surface area (Å²) < 4.78 is 63.5. The van der Waals surface area contributed by atoms with Gasteiger partial charge in [-0.05, 0) is 12.8 Å². The molecule has 1 saturated heterocycles. The number of carboxylic acids is 2. The average molecular weight is 406 g/mol. The Morgan fingerprint density at radius 3 is 1.12 bits per heavy atom. The topological polar surface area (TPSA) is 127 Å². The summed E-state index contributed by atoms with van der Waals surface area (Å²) in [5.41, 5.74) is 11.0. The molecule has 6 nitrogen and oxygen atoms in total. The fourth-order valence-electron chi connectivity index (χ4n) is 0.939. The third-order valence-corrected chi connectivity index (χ3v) is 5.63. The van der Waals surface area contributed by atoms with Gasteiger partial charge in [0.15, 0.2) is 0 Å². The minimum Gasteiger partial charge on any atom is -0.475 e. The van der Waals surface area contributed by atoms with Crippen molar-refractivity contribution in [3.63, 3.8) is 0 Å². The van der Waals surface area contributed by atoms with Crippen molar-refractivity contribution in [2.24, 2.45) is 11.5 Å². The van der Waals surface area contributed by atoms with Crippen molar-refractivity contribution in [2.75, 3.05) is 13.1 Å². The number of rotatable bonds is 2. The molecule has 0 aromatic heterocycles. The van der Waals surface area contributed by atoms with E-state index < -0.39 is 24.3 Å². The minimum atomic E-state index is -5.08. The first-order valence-corrected chi connectivity index (χ1v) is 8.35. The Kier molecular flexibility index (Phi) is 12.3. The van der Waals surface area contributed by atoms with Crippen LogP contribution in [0.15, 0.2) is 0 Å². The molecule has 24 heavy (non-hydrogen) atoms. The number of nitrogens with two attached hydrogens (primary N) is 2. The van der Waals surface area contributed by atoms with E-state index in [2.05, 4.69) is 0 Å². The van der Waals surface area contributed by atoms with E-state index in [0.29, 0.717) is 10.5 Å². The highest BCUT2D eigenvalue weighted by molar-refractivity contribution is 8.77. The molecule has 0 aliphatic carbocycles. The highest BCUT2D eigenvalue weighted by Gasteiger charge is 2.38. The molecule has 1 aliphatic heterocycles. The minimum absolute atomic E-state index is 0.674. The maximum absolute atomic E-state index is 10.6. The number of carboxylic acid groups (broad SMARTS) is 2. The van der Waals surface area contributed by atoms with Crippen LogP contribution in [0, 0.1) is 0 Å². The summed E-state index contributed by atoms with van der Waals surface area (Å²) in [6, 6.07) is 0. The Bertz CT molecular complexity index is 351. The van der Waals surface area contributed by atoms with Crippen LogP contribution in [-0.2, 0) is 9.59 Å². The van der Waals surface area contributed by atoms with Crippen molar-refractivity contribution in [1.29, 1.82) is 0 Å². The summed E-state index contributed by atoms with van der Waals surface area (Å²) in [4.78, 5) is 17.8. The van der Waals surface area contributed by atoms with Crippen molar-refractivity contribution in [1.82, 2.24) is 0 Å². The lowest BCUT2D eigenvalue weighted by molar-refractivity contribution is -0.193. The van der Waals surface area contributed by atoms with Crippen LogP contribution in [0.25, 0.3) is 0 Å². The van der Waals surface area contributed by atoms with E-state index in [1.165, 1.54) is 12.8 Å². The van der Waals surface area contributed by atoms with Gasteiger partial charge >= 0.3 is 24.3 Å². The molecule has 0 spiro atoms. The van der Waals surface area contributed by atoms with Crippen LogP contribution >= 0.6 is 21.6 Å². The number of aliphatic carboxylic acids is 2. The van der Waals surface area contributed by atoms with Gasteiger partial charge in [0, 0.05) is 23.6 Å². The fraction of sp³-hybridized carbons (Fsp3) is 0.800. The molecule has 0 aromatic rings. The van der Waals surface area contributed by atoms with E-state index >= 15 is 0 Å². The zero-order valence-electron chi connectivity index (χ0n) is 11.9. The second kappa shape index (κ2) is 11.7. The van der Waals surface area contributed by atoms with E-state index in [9.17, 15) is 26.3 Å². The molecule has 0 bridgehead atoms. The normalized spacial score (nSPS) is 20.8. The SMILES string of the molecule is NC[C@@H]1CC[C@H](CN)SS1.O=C(O)C(F)(F)F.O=C(O)C(F)(F)F. The van der Waals surface area contributed by atoms with E-state index in [4.69, 9.17) is 31.3 Å². The Morgan fingerprint density at radius 1 is 0.833 bits per heavy atom. The Labute approximate surface area is 140 Å². The number of alkyl halides is 6. The fourth-order valence-corrected chi connectivity index (χ4v) is 3.87. The first-order chi connectivity index (χ1) is 10.8. The molecule has 14 heteroatoms. The van der Waals surface area contributed by atoms with Gasteiger partial charge in [0.1, 0.15) is 0 Å². The highest BCUT2D eigenvalue weighted by Crippen LogP contribution is 2.39. The molecule has 1 fully saturated rings. The third-order valence-electron chi connectivity index (χ3n) is 2.15. The first-order valence-electron chi connectivity index (χ1n) is 6.08. The van der Waals surface area contributed by atoms with Crippen LogP contribution in [0.4, 0.5) is 26.3 Å². The number of carbonyl (C=O) groups is 2. The van der Waals surface area contributed by atoms with E-state index in [1.807, 2.05) is 21.6 Å². The molecule has 6 N–H and O–H groups in total. The predicted molar refractivity (Wildman–Crippen MR) is 77.5 cm³/mol. The second-order valence-corrected chi connectivity index (χ2v) is 6.96. The van der Waals surface area contributed by atoms with Gasteiger partial charge in [-0.1, -0.05) is 21.6 Å². The molecule has 0 saturated carbocycles. The predicted octanol–water partition coefficient (Wildman–Crippen LogP) is 2.08.